The van der Waals surface area contributed by atoms with Gasteiger partial charge in [-0.25, -0.2) is 0 Å². The number of nitro groups is 1. The Balaban J connectivity index is 1.68. The molecule has 2 aromatic rings. The molecule has 1 atom stereocenters. The number of piperazine rings is 1. The van der Waals surface area contributed by atoms with E-state index in [1.807, 2.05) is 24.3 Å². The van der Waals surface area contributed by atoms with E-state index < -0.39 is 16.7 Å². The first-order valence-electron chi connectivity index (χ1n) is 10.3. The maximum atomic E-state index is 12.5. The van der Waals surface area contributed by atoms with E-state index in [1.165, 1.54) is 18.2 Å². The third-order valence-electron chi connectivity index (χ3n) is 5.49. The van der Waals surface area contributed by atoms with Crippen LogP contribution in [0.5, 0.6) is 5.75 Å². The van der Waals surface area contributed by atoms with Crippen molar-refractivity contribution < 1.29 is 19.2 Å². The van der Waals surface area contributed by atoms with E-state index in [2.05, 4.69) is 27.5 Å². The Bertz CT molecular complexity index is 957. The number of hydrogen-bond acceptors (Lipinski definition) is 7. The molecule has 0 aromatic heterocycles. The van der Waals surface area contributed by atoms with Crippen molar-refractivity contribution in [3.8, 4) is 5.75 Å². The van der Waals surface area contributed by atoms with E-state index in [1.54, 1.807) is 13.2 Å². The van der Waals surface area contributed by atoms with Gasteiger partial charge in [0.25, 0.3) is 5.69 Å². The molecule has 1 saturated heterocycles. The Morgan fingerprint density at radius 3 is 2.34 bits per heavy atom. The van der Waals surface area contributed by atoms with Crippen LogP contribution in [0.25, 0.3) is 0 Å². The van der Waals surface area contributed by atoms with Crippen molar-refractivity contribution in [3.05, 3.63) is 64.2 Å². The molecule has 1 fully saturated rings. The number of benzene rings is 2. The minimum atomic E-state index is -0.953. The first-order valence-corrected chi connectivity index (χ1v) is 10.3. The number of nitrogens with one attached hydrogen (secondary N) is 2. The normalized spacial score (nSPS) is 15.6. The summed E-state index contributed by atoms with van der Waals surface area (Å²) < 4.78 is 5.23. The highest BCUT2D eigenvalue weighted by atomic mass is 16.6. The molecular weight excluding hydrogens is 414 g/mol. The molecule has 0 radical (unpaired) electrons. The first-order chi connectivity index (χ1) is 15.4. The number of likely N-dealkylation sites (N-methyl/N-ethyl adjacent to an activating group) is 1. The number of ether oxygens (including phenoxy) is 1. The minimum absolute atomic E-state index is 0.0246. The summed E-state index contributed by atoms with van der Waals surface area (Å²) >= 11 is 0. The monoisotopic (exact) mass is 441 g/mol. The zero-order chi connectivity index (χ0) is 23.1. The van der Waals surface area contributed by atoms with E-state index in [-0.39, 0.29) is 24.0 Å². The van der Waals surface area contributed by atoms with Crippen LogP contribution in [-0.2, 0) is 9.59 Å². The molecular formula is C22H27N5O5. The third-order valence-corrected chi connectivity index (χ3v) is 5.49. The van der Waals surface area contributed by atoms with E-state index in [4.69, 9.17) is 4.74 Å². The van der Waals surface area contributed by atoms with Gasteiger partial charge in [-0.05, 0) is 30.8 Å². The minimum Gasteiger partial charge on any atom is -0.497 e. The number of hydrogen-bond donors (Lipinski definition) is 2. The van der Waals surface area contributed by atoms with Gasteiger partial charge < -0.3 is 20.3 Å². The highest BCUT2D eigenvalue weighted by Gasteiger charge is 2.26. The van der Waals surface area contributed by atoms with E-state index >= 15 is 0 Å². The van der Waals surface area contributed by atoms with Crippen LogP contribution >= 0.6 is 0 Å². The molecule has 2 aromatic carbocycles. The molecule has 2 N–H and O–H groups in total. The Kier molecular flexibility index (Phi) is 7.74. The smallest absolute Gasteiger partial charge is 0.313 e. The van der Waals surface area contributed by atoms with Gasteiger partial charge in [-0.15, -0.1) is 0 Å². The van der Waals surface area contributed by atoms with Gasteiger partial charge in [0.2, 0.25) is 0 Å². The second-order valence-electron chi connectivity index (χ2n) is 7.57. The lowest BCUT2D eigenvalue weighted by Gasteiger charge is -2.38. The summed E-state index contributed by atoms with van der Waals surface area (Å²) in [7, 11) is 3.66. The largest absolute Gasteiger partial charge is 0.497 e. The molecule has 10 heteroatoms. The van der Waals surface area contributed by atoms with Crippen molar-refractivity contribution in [1.29, 1.82) is 0 Å². The summed E-state index contributed by atoms with van der Waals surface area (Å²) in [6, 6.07) is 13.2. The van der Waals surface area contributed by atoms with Crippen LogP contribution in [0, 0.1) is 10.1 Å². The number of amides is 2. The molecule has 0 bridgehead atoms. The Hall–Kier alpha value is -3.50. The fourth-order valence-corrected chi connectivity index (χ4v) is 3.60. The van der Waals surface area contributed by atoms with Crippen LogP contribution in [0.2, 0.25) is 0 Å². The van der Waals surface area contributed by atoms with Gasteiger partial charge in [0.1, 0.15) is 11.4 Å². The predicted octanol–water partition coefficient (Wildman–Crippen LogP) is 1.65. The quantitative estimate of drug-likeness (QED) is 0.381. The maximum absolute atomic E-state index is 12.5. The number of rotatable bonds is 7. The van der Waals surface area contributed by atoms with Crippen molar-refractivity contribution in [2.24, 2.45) is 0 Å². The van der Waals surface area contributed by atoms with Crippen molar-refractivity contribution in [3.63, 3.8) is 0 Å². The molecule has 32 heavy (non-hydrogen) atoms. The van der Waals surface area contributed by atoms with Gasteiger partial charge in [0.15, 0.2) is 0 Å². The Morgan fingerprint density at radius 1 is 1.06 bits per heavy atom. The first kappa shape index (κ1) is 23.2. The van der Waals surface area contributed by atoms with Crippen LogP contribution in [0.4, 0.5) is 11.4 Å². The van der Waals surface area contributed by atoms with E-state index in [9.17, 15) is 19.7 Å². The number of nitrogens with zero attached hydrogens (tertiary/aromatic N) is 3. The number of methoxy groups -OCH3 is 1. The predicted molar refractivity (Wildman–Crippen MR) is 120 cm³/mol. The Morgan fingerprint density at radius 2 is 1.72 bits per heavy atom. The van der Waals surface area contributed by atoms with Crippen LogP contribution in [0.3, 0.4) is 0 Å². The third kappa shape index (κ3) is 5.80. The van der Waals surface area contributed by atoms with Crippen molar-refractivity contribution in [1.82, 2.24) is 15.1 Å². The summed E-state index contributed by atoms with van der Waals surface area (Å²) in [6.07, 6.45) is 0. The average Bonchev–Trinajstić information content (AvgIpc) is 2.80. The lowest BCUT2D eigenvalue weighted by Crippen LogP contribution is -2.49. The molecule has 1 aliphatic rings. The number of anilines is 1. The number of carbonyl (C=O) groups excluding carboxylic acids is 2. The molecule has 2 amide bonds. The van der Waals surface area contributed by atoms with Gasteiger partial charge in [-0.2, -0.15) is 0 Å². The second-order valence-corrected chi connectivity index (χ2v) is 7.57. The van der Waals surface area contributed by atoms with E-state index in [0.717, 1.165) is 37.5 Å². The fraction of sp³-hybridized carbons (Fsp3) is 0.364. The highest BCUT2D eigenvalue weighted by Crippen LogP contribution is 2.25. The van der Waals surface area contributed by atoms with Gasteiger partial charge >= 0.3 is 11.8 Å². The summed E-state index contributed by atoms with van der Waals surface area (Å²) in [5.41, 5.74) is 0.695. The van der Waals surface area contributed by atoms with Gasteiger partial charge in [0.05, 0.1) is 18.1 Å². The Labute approximate surface area is 186 Å². The molecule has 170 valence electrons. The number of carbonyl (C=O) groups is 2. The zero-order valence-electron chi connectivity index (χ0n) is 18.1. The average molecular weight is 441 g/mol. The molecule has 0 saturated carbocycles. The molecule has 3 rings (SSSR count). The van der Waals surface area contributed by atoms with Crippen molar-refractivity contribution in [2.75, 3.05) is 52.2 Å². The van der Waals surface area contributed by atoms with Gasteiger partial charge in [-0.1, -0.05) is 24.3 Å². The molecule has 1 unspecified atom stereocenters. The summed E-state index contributed by atoms with van der Waals surface area (Å²) in [4.78, 5) is 39.8. The van der Waals surface area contributed by atoms with Crippen LogP contribution in [0.15, 0.2) is 48.5 Å². The lowest BCUT2D eigenvalue weighted by atomic mass is 10.0. The molecule has 0 aliphatic carbocycles. The second kappa shape index (κ2) is 10.7. The molecule has 0 spiro atoms. The highest BCUT2D eigenvalue weighted by molar-refractivity contribution is 6.39. The molecule has 10 nitrogen and oxygen atoms in total. The summed E-state index contributed by atoms with van der Waals surface area (Å²) in [5, 5.41) is 16.1. The van der Waals surface area contributed by atoms with Crippen LogP contribution in [0.1, 0.15) is 11.6 Å². The number of para-hydroxylation sites is 2. The maximum Gasteiger partial charge on any atom is 0.313 e. The summed E-state index contributed by atoms with van der Waals surface area (Å²) in [6.45, 7) is 3.67. The lowest BCUT2D eigenvalue weighted by molar-refractivity contribution is -0.383. The SMILES string of the molecule is COc1ccc(C(CNC(=O)C(=O)Nc2ccccc2[N+](=O)[O-])N2CCN(C)CC2)cc1. The van der Waals surface area contributed by atoms with Crippen LogP contribution < -0.4 is 15.4 Å². The van der Waals surface area contributed by atoms with Gasteiger partial charge in [-0.3, -0.25) is 24.6 Å². The fourth-order valence-electron chi connectivity index (χ4n) is 3.60. The van der Waals surface area contributed by atoms with E-state index in [0.29, 0.717) is 0 Å². The molecule has 1 heterocycles. The van der Waals surface area contributed by atoms with Crippen molar-refractivity contribution >= 4 is 23.2 Å². The van der Waals surface area contributed by atoms with Gasteiger partial charge in [0, 0.05) is 38.8 Å². The molecule has 1 aliphatic heterocycles. The zero-order valence-corrected chi connectivity index (χ0v) is 18.1. The van der Waals surface area contributed by atoms with Crippen molar-refractivity contribution in [2.45, 2.75) is 6.04 Å². The van der Waals surface area contributed by atoms with Crippen LogP contribution in [-0.4, -0.2) is 73.4 Å². The summed E-state index contributed by atoms with van der Waals surface area (Å²) in [5.74, 6) is -1.07. The number of nitro benzene ring substituents is 1. The topological polar surface area (TPSA) is 117 Å². The standard InChI is InChI=1S/C22H27N5O5/c1-25-11-13-26(14-12-25)20(16-7-9-17(32-2)10-8-16)15-23-21(28)22(29)24-18-5-3-4-6-19(18)27(30)31/h3-10,20H,11-15H2,1-2H3,(H,23,28)(H,24,29).